The second kappa shape index (κ2) is 4.89. The summed E-state index contributed by atoms with van der Waals surface area (Å²) in [7, 11) is 0. The summed E-state index contributed by atoms with van der Waals surface area (Å²) in [6.45, 7) is 1.74. The smallest absolute Gasteiger partial charge is 0.412 e. The van der Waals surface area contributed by atoms with Gasteiger partial charge in [0.15, 0.2) is 0 Å². The average Bonchev–Trinajstić information content (AvgIpc) is 1.95. The maximum absolute atomic E-state index is 12.1. The topological polar surface area (TPSA) is 37.3 Å². The molecule has 76 valence electrons. The minimum absolute atomic E-state index is 0.230. The van der Waals surface area contributed by atoms with Crippen LogP contribution in [0.3, 0.4) is 0 Å². The number of hydrogen-bond acceptors (Lipinski definition) is 1. The van der Waals surface area contributed by atoms with Gasteiger partial charge in [0.2, 0.25) is 0 Å². The standard InChI is InChI=1S/C8H11F3O2/c1-2-3-4-6(5-7(12)13)8(9,10)11/h5H,2-4H2,1H3,(H,12,13)/b6-5+. The van der Waals surface area contributed by atoms with Crippen molar-refractivity contribution in [1.29, 1.82) is 0 Å². The van der Waals surface area contributed by atoms with E-state index in [0.717, 1.165) is 0 Å². The quantitative estimate of drug-likeness (QED) is 0.702. The number of alkyl halides is 3. The number of halogens is 3. The molecule has 0 amide bonds. The monoisotopic (exact) mass is 196 g/mol. The normalized spacial score (nSPS) is 13.1. The van der Waals surface area contributed by atoms with Crippen LogP contribution in [-0.4, -0.2) is 17.3 Å². The lowest BCUT2D eigenvalue weighted by atomic mass is 10.1. The van der Waals surface area contributed by atoms with Gasteiger partial charge in [0.1, 0.15) is 0 Å². The molecule has 0 heterocycles. The van der Waals surface area contributed by atoms with Crippen molar-refractivity contribution in [2.24, 2.45) is 0 Å². The van der Waals surface area contributed by atoms with Gasteiger partial charge in [0, 0.05) is 11.6 Å². The van der Waals surface area contributed by atoms with Gasteiger partial charge in [-0.25, -0.2) is 4.79 Å². The van der Waals surface area contributed by atoms with E-state index in [9.17, 15) is 18.0 Å². The number of hydrogen-bond donors (Lipinski definition) is 1. The summed E-state index contributed by atoms with van der Waals surface area (Å²) in [6.07, 6.45) is -3.57. The molecule has 0 spiro atoms. The molecule has 0 aliphatic heterocycles. The number of carboxylic acid groups (broad SMARTS) is 1. The molecule has 13 heavy (non-hydrogen) atoms. The van der Waals surface area contributed by atoms with Crippen LogP contribution >= 0.6 is 0 Å². The van der Waals surface area contributed by atoms with E-state index in [0.29, 0.717) is 12.8 Å². The molecule has 0 aromatic heterocycles. The fraction of sp³-hybridized carbons (Fsp3) is 0.625. The van der Waals surface area contributed by atoms with Crippen molar-refractivity contribution >= 4 is 5.97 Å². The fourth-order valence-electron chi connectivity index (χ4n) is 0.812. The second-order valence-corrected chi connectivity index (χ2v) is 2.61. The highest BCUT2D eigenvalue weighted by molar-refractivity contribution is 5.80. The average molecular weight is 196 g/mol. The van der Waals surface area contributed by atoms with Crippen LogP contribution in [0.4, 0.5) is 13.2 Å². The number of aliphatic carboxylic acids is 1. The fourth-order valence-corrected chi connectivity index (χ4v) is 0.812. The second-order valence-electron chi connectivity index (χ2n) is 2.61. The third kappa shape index (κ3) is 5.27. The van der Waals surface area contributed by atoms with Gasteiger partial charge in [0.25, 0.3) is 0 Å². The number of allylic oxidation sites excluding steroid dienone is 1. The first kappa shape index (κ1) is 12.0. The van der Waals surface area contributed by atoms with Gasteiger partial charge < -0.3 is 5.11 Å². The third-order valence-electron chi connectivity index (χ3n) is 1.46. The van der Waals surface area contributed by atoms with Gasteiger partial charge in [-0.2, -0.15) is 13.2 Å². The highest BCUT2D eigenvalue weighted by Gasteiger charge is 2.33. The molecule has 0 aliphatic rings. The first-order valence-electron chi connectivity index (χ1n) is 3.88. The zero-order chi connectivity index (χ0) is 10.5. The summed E-state index contributed by atoms with van der Waals surface area (Å²) in [5.41, 5.74) is -0.971. The predicted molar refractivity (Wildman–Crippen MR) is 41.3 cm³/mol. The van der Waals surface area contributed by atoms with Crippen molar-refractivity contribution in [3.63, 3.8) is 0 Å². The zero-order valence-electron chi connectivity index (χ0n) is 7.19. The first-order chi connectivity index (χ1) is 5.88. The van der Waals surface area contributed by atoms with Crippen LogP contribution in [0.15, 0.2) is 11.6 Å². The van der Waals surface area contributed by atoms with Crippen molar-refractivity contribution in [2.45, 2.75) is 32.4 Å². The molecule has 0 fully saturated rings. The van der Waals surface area contributed by atoms with Crippen LogP contribution < -0.4 is 0 Å². The van der Waals surface area contributed by atoms with Gasteiger partial charge in [-0.1, -0.05) is 13.3 Å². The maximum atomic E-state index is 12.1. The van der Waals surface area contributed by atoms with Crippen molar-refractivity contribution in [1.82, 2.24) is 0 Å². The molecule has 0 bridgehead atoms. The number of carbonyl (C=O) groups is 1. The third-order valence-corrected chi connectivity index (χ3v) is 1.46. The molecular formula is C8H11F3O2. The van der Waals surface area contributed by atoms with E-state index >= 15 is 0 Å². The van der Waals surface area contributed by atoms with Gasteiger partial charge in [0.05, 0.1) is 0 Å². The van der Waals surface area contributed by atoms with E-state index in [1.54, 1.807) is 6.92 Å². The van der Waals surface area contributed by atoms with Crippen LogP contribution in [0.25, 0.3) is 0 Å². The Hall–Kier alpha value is -1.00. The van der Waals surface area contributed by atoms with E-state index in [-0.39, 0.29) is 12.5 Å². The van der Waals surface area contributed by atoms with Gasteiger partial charge >= 0.3 is 12.1 Å². The van der Waals surface area contributed by atoms with E-state index in [1.165, 1.54) is 0 Å². The molecule has 0 saturated carbocycles. The molecule has 0 unspecified atom stereocenters. The Balaban J connectivity index is 4.47. The largest absolute Gasteiger partial charge is 0.478 e. The maximum Gasteiger partial charge on any atom is 0.412 e. The Bertz CT molecular complexity index is 206. The summed E-state index contributed by atoms with van der Waals surface area (Å²) in [5.74, 6) is -1.55. The SMILES string of the molecule is CCCC/C(=C\C(=O)O)C(F)(F)F. The Labute approximate surface area is 74.1 Å². The molecule has 0 radical (unpaired) electrons. The van der Waals surface area contributed by atoms with E-state index in [4.69, 9.17) is 5.11 Å². The van der Waals surface area contributed by atoms with Crippen molar-refractivity contribution < 1.29 is 23.1 Å². The molecule has 0 aromatic carbocycles. The lowest BCUT2D eigenvalue weighted by Gasteiger charge is -2.09. The molecular weight excluding hydrogens is 185 g/mol. The van der Waals surface area contributed by atoms with Gasteiger partial charge in [-0.05, 0) is 12.8 Å². The molecule has 1 N–H and O–H groups in total. The van der Waals surface area contributed by atoms with Crippen LogP contribution in [-0.2, 0) is 4.79 Å². The predicted octanol–water partition coefficient (Wildman–Crippen LogP) is 2.75. The van der Waals surface area contributed by atoms with Crippen LogP contribution in [0.2, 0.25) is 0 Å². The Morgan fingerprint density at radius 2 is 2.00 bits per heavy atom. The van der Waals surface area contributed by atoms with Crippen LogP contribution in [0.1, 0.15) is 26.2 Å². The molecule has 0 atom stereocenters. The van der Waals surface area contributed by atoms with Gasteiger partial charge in [-0.3, -0.25) is 0 Å². The Morgan fingerprint density at radius 3 is 2.31 bits per heavy atom. The highest BCUT2D eigenvalue weighted by Crippen LogP contribution is 2.29. The minimum Gasteiger partial charge on any atom is -0.478 e. The highest BCUT2D eigenvalue weighted by atomic mass is 19.4. The number of rotatable bonds is 4. The van der Waals surface area contributed by atoms with E-state index in [2.05, 4.69) is 0 Å². The summed E-state index contributed by atoms with van der Waals surface area (Å²) in [5, 5.41) is 8.17. The molecule has 0 aliphatic carbocycles. The summed E-state index contributed by atoms with van der Waals surface area (Å²) < 4.78 is 36.2. The molecule has 5 heteroatoms. The summed E-state index contributed by atoms with van der Waals surface area (Å²) in [4.78, 5) is 10.0. The molecule has 0 saturated heterocycles. The lowest BCUT2D eigenvalue weighted by molar-refractivity contribution is -0.132. The zero-order valence-corrected chi connectivity index (χ0v) is 7.19. The molecule has 0 rings (SSSR count). The number of carboxylic acids is 1. The molecule has 2 nitrogen and oxygen atoms in total. The minimum atomic E-state index is -4.52. The summed E-state index contributed by atoms with van der Waals surface area (Å²) in [6, 6.07) is 0. The van der Waals surface area contributed by atoms with Gasteiger partial charge in [-0.15, -0.1) is 0 Å². The van der Waals surface area contributed by atoms with E-state index in [1.807, 2.05) is 0 Å². The van der Waals surface area contributed by atoms with Crippen LogP contribution in [0.5, 0.6) is 0 Å². The van der Waals surface area contributed by atoms with Crippen molar-refractivity contribution in [3.8, 4) is 0 Å². The molecule has 0 aromatic rings. The lowest BCUT2D eigenvalue weighted by Crippen LogP contribution is -2.13. The summed E-state index contributed by atoms with van der Waals surface area (Å²) >= 11 is 0. The van der Waals surface area contributed by atoms with E-state index < -0.39 is 17.7 Å². The van der Waals surface area contributed by atoms with Crippen molar-refractivity contribution in [2.75, 3.05) is 0 Å². The first-order valence-corrected chi connectivity index (χ1v) is 3.88. The number of unbranched alkanes of at least 4 members (excludes halogenated alkanes) is 1. The van der Waals surface area contributed by atoms with Crippen LogP contribution in [0, 0.1) is 0 Å². The Morgan fingerprint density at radius 1 is 1.46 bits per heavy atom. The Kier molecular flexibility index (Phi) is 4.51. The van der Waals surface area contributed by atoms with Crippen molar-refractivity contribution in [3.05, 3.63) is 11.6 Å².